The van der Waals surface area contributed by atoms with Crippen molar-refractivity contribution in [2.45, 2.75) is 19.9 Å². The van der Waals surface area contributed by atoms with Crippen molar-refractivity contribution in [3.05, 3.63) is 65.9 Å². The van der Waals surface area contributed by atoms with E-state index in [1.54, 1.807) is 12.1 Å². The first-order chi connectivity index (χ1) is 12.2. The lowest BCUT2D eigenvalue weighted by atomic mass is 9.93. The minimum atomic E-state index is -0.323. The Morgan fingerprint density at radius 1 is 1.20 bits per heavy atom. The summed E-state index contributed by atoms with van der Waals surface area (Å²) < 4.78 is 15.2. The molecule has 1 fully saturated rings. The SMILES string of the molecule is CCn1ccc2ccnc(CC3CN(C(=O)c4ccc(F)cc4)C3)c21. The van der Waals surface area contributed by atoms with Crippen LogP contribution in [0.15, 0.2) is 48.8 Å². The summed E-state index contributed by atoms with van der Waals surface area (Å²) >= 11 is 0. The van der Waals surface area contributed by atoms with Crippen LogP contribution in [-0.2, 0) is 13.0 Å². The van der Waals surface area contributed by atoms with E-state index in [1.807, 2.05) is 17.2 Å². The van der Waals surface area contributed by atoms with E-state index in [0.717, 1.165) is 31.7 Å². The van der Waals surface area contributed by atoms with E-state index in [0.29, 0.717) is 11.5 Å². The van der Waals surface area contributed by atoms with E-state index in [1.165, 1.54) is 23.0 Å². The van der Waals surface area contributed by atoms with Gasteiger partial charge >= 0.3 is 0 Å². The second kappa shape index (κ2) is 6.31. The number of hydrogen-bond donors (Lipinski definition) is 0. The number of pyridine rings is 1. The first-order valence-electron chi connectivity index (χ1n) is 8.63. The van der Waals surface area contributed by atoms with Gasteiger partial charge in [0.2, 0.25) is 0 Å². The monoisotopic (exact) mass is 337 g/mol. The molecule has 128 valence electrons. The number of carbonyl (C=O) groups is 1. The second-order valence-corrected chi connectivity index (χ2v) is 6.58. The Labute approximate surface area is 145 Å². The smallest absolute Gasteiger partial charge is 0.253 e. The summed E-state index contributed by atoms with van der Waals surface area (Å²) in [4.78, 5) is 18.8. The molecule has 2 aromatic heterocycles. The minimum absolute atomic E-state index is 0.0284. The van der Waals surface area contributed by atoms with Gasteiger partial charge in [-0.15, -0.1) is 0 Å². The third-order valence-corrected chi connectivity index (χ3v) is 4.91. The maximum atomic E-state index is 13.0. The minimum Gasteiger partial charge on any atom is -0.346 e. The number of aryl methyl sites for hydroxylation is 1. The molecule has 1 amide bonds. The molecule has 4 nitrogen and oxygen atoms in total. The molecule has 0 unspecified atom stereocenters. The Morgan fingerprint density at radius 3 is 2.68 bits per heavy atom. The van der Waals surface area contributed by atoms with Gasteiger partial charge in [0, 0.05) is 43.0 Å². The summed E-state index contributed by atoms with van der Waals surface area (Å²) in [6, 6.07) is 9.90. The lowest BCUT2D eigenvalue weighted by Gasteiger charge is -2.39. The van der Waals surface area contributed by atoms with Crippen molar-refractivity contribution in [1.29, 1.82) is 0 Å². The van der Waals surface area contributed by atoms with E-state index in [2.05, 4.69) is 28.7 Å². The van der Waals surface area contributed by atoms with Gasteiger partial charge < -0.3 is 9.47 Å². The predicted octanol–water partition coefficient (Wildman–Crippen LogP) is 3.51. The third kappa shape index (κ3) is 2.90. The number of amides is 1. The molecule has 0 aliphatic carbocycles. The fraction of sp³-hybridized carbons (Fsp3) is 0.300. The molecule has 0 saturated carbocycles. The van der Waals surface area contributed by atoms with Gasteiger partial charge in [-0.1, -0.05) is 0 Å². The van der Waals surface area contributed by atoms with Crippen LogP contribution >= 0.6 is 0 Å². The van der Waals surface area contributed by atoms with Gasteiger partial charge in [-0.25, -0.2) is 4.39 Å². The Morgan fingerprint density at radius 2 is 1.96 bits per heavy atom. The van der Waals surface area contributed by atoms with Crippen molar-refractivity contribution in [2.24, 2.45) is 5.92 Å². The molecule has 0 spiro atoms. The number of fused-ring (bicyclic) bond motifs is 1. The number of nitrogens with zero attached hydrogens (tertiary/aromatic N) is 3. The molecular weight excluding hydrogens is 317 g/mol. The molecule has 5 heteroatoms. The summed E-state index contributed by atoms with van der Waals surface area (Å²) in [6.07, 6.45) is 4.83. The quantitative estimate of drug-likeness (QED) is 0.731. The number of aromatic nitrogens is 2. The summed E-state index contributed by atoms with van der Waals surface area (Å²) in [5, 5.41) is 1.21. The molecule has 1 aliphatic heterocycles. The van der Waals surface area contributed by atoms with E-state index < -0.39 is 0 Å². The van der Waals surface area contributed by atoms with Crippen LogP contribution < -0.4 is 0 Å². The molecule has 3 aromatic rings. The van der Waals surface area contributed by atoms with Gasteiger partial charge in [-0.05, 0) is 55.7 Å². The van der Waals surface area contributed by atoms with E-state index in [4.69, 9.17) is 0 Å². The van der Waals surface area contributed by atoms with Crippen LogP contribution in [0, 0.1) is 11.7 Å². The first-order valence-corrected chi connectivity index (χ1v) is 8.63. The van der Waals surface area contributed by atoms with Crippen LogP contribution in [0.3, 0.4) is 0 Å². The molecule has 0 N–H and O–H groups in total. The maximum Gasteiger partial charge on any atom is 0.253 e. The van der Waals surface area contributed by atoms with Crippen molar-refractivity contribution in [1.82, 2.24) is 14.5 Å². The molecule has 25 heavy (non-hydrogen) atoms. The van der Waals surface area contributed by atoms with Crippen molar-refractivity contribution >= 4 is 16.8 Å². The summed E-state index contributed by atoms with van der Waals surface area (Å²) in [5.74, 6) is 0.0678. The fourth-order valence-corrected chi connectivity index (χ4v) is 3.55. The molecule has 1 aliphatic rings. The number of rotatable bonds is 4. The highest BCUT2D eigenvalue weighted by Crippen LogP contribution is 2.26. The Kier molecular flexibility index (Phi) is 3.99. The van der Waals surface area contributed by atoms with Crippen molar-refractivity contribution in [3.63, 3.8) is 0 Å². The topological polar surface area (TPSA) is 38.1 Å². The standard InChI is InChI=1S/C20H20FN3O/c1-2-23-10-8-15-7-9-22-18(19(15)23)11-14-12-24(13-14)20(25)16-3-5-17(21)6-4-16/h3-10,14H,2,11-13H2,1H3. The Hall–Kier alpha value is -2.69. The van der Waals surface area contributed by atoms with Crippen LogP contribution in [-0.4, -0.2) is 33.4 Å². The van der Waals surface area contributed by atoms with Crippen LogP contribution in [0.4, 0.5) is 4.39 Å². The van der Waals surface area contributed by atoms with Crippen LogP contribution in [0.5, 0.6) is 0 Å². The zero-order valence-corrected chi connectivity index (χ0v) is 14.2. The highest BCUT2D eigenvalue weighted by molar-refractivity contribution is 5.94. The maximum absolute atomic E-state index is 13.0. The third-order valence-electron chi connectivity index (χ3n) is 4.91. The molecule has 1 saturated heterocycles. The second-order valence-electron chi connectivity index (χ2n) is 6.58. The lowest BCUT2D eigenvalue weighted by molar-refractivity contribution is 0.0500. The van der Waals surface area contributed by atoms with Gasteiger partial charge in [0.25, 0.3) is 5.91 Å². The molecule has 0 atom stereocenters. The number of hydrogen-bond acceptors (Lipinski definition) is 2. The number of carbonyl (C=O) groups excluding carboxylic acids is 1. The zero-order chi connectivity index (χ0) is 17.4. The average Bonchev–Trinajstić information content (AvgIpc) is 3.02. The highest BCUT2D eigenvalue weighted by Gasteiger charge is 2.32. The highest BCUT2D eigenvalue weighted by atomic mass is 19.1. The largest absolute Gasteiger partial charge is 0.346 e. The van der Waals surface area contributed by atoms with Gasteiger partial charge in [0.1, 0.15) is 5.82 Å². The molecule has 0 radical (unpaired) electrons. The van der Waals surface area contributed by atoms with Gasteiger partial charge in [-0.2, -0.15) is 0 Å². The summed E-state index contributed by atoms with van der Waals surface area (Å²) in [6.45, 7) is 4.49. The van der Waals surface area contributed by atoms with Crippen LogP contribution in [0.2, 0.25) is 0 Å². The van der Waals surface area contributed by atoms with Crippen molar-refractivity contribution in [2.75, 3.05) is 13.1 Å². The summed E-state index contributed by atoms with van der Waals surface area (Å²) in [7, 11) is 0. The van der Waals surface area contributed by atoms with Crippen molar-refractivity contribution in [3.8, 4) is 0 Å². The van der Waals surface area contributed by atoms with Gasteiger partial charge in [0.15, 0.2) is 0 Å². The Bertz CT molecular complexity index is 910. The lowest BCUT2D eigenvalue weighted by Crippen LogP contribution is -2.50. The molecule has 1 aromatic carbocycles. The number of benzene rings is 1. The van der Waals surface area contributed by atoms with Gasteiger partial charge in [0.05, 0.1) is 11.2 Å². The summed E-state index contributed by atoms with van der Waals surface area (Å²) in [5.41, 5.74) is 2.84. The first kappa shape index (κ1) is 15.8. The fourth-order valence-electron chi connectivity index (χ4n) is 3.55. The predicted molar refractivity (Wildman–Crippen MR) is 94.9 cm³/mol. The molecule has 4 rings (SSSR count). The molecule has 3 heterocycles. The number of halogens is 1. The Balaban J connectivity index is 1.44. The van der Waals surface area contributed by atoms with E-state index in [9.17, 15) is 9.18 Å². The number of likely N-dealkylation sites (tertiary alicyclic amines) is 1. The normalized spacial score (nSPS) is 14.7. The van der Waals surface area contributed by atoms with Crippen LogP contribution in [0.1, 0.15) is 23.0 Å². The average molecular weight is 337 g/mol. The molecular formula is C20H20FN3O. The molecule has 0 bridgehead atoms. The zero-order valence-electron chi connectivity index (χ0n) is 14.2. The van der Waals surface area contributed by atoms with Gasteiger partial charge in [-0.3, -0.25) is 9.78 Å². The van der Waals surface area contributed by atoms with E-state index >= 15 is 0 Å². The van der Waals surface area contributed by atoms with Crippen molar-refractivity contribution < 1.29 is 9.18 Å². The van der Waals surface area contributed by atoms with E-state index in [-0.39, 0.29) is 11.7 Å². The van der Waals surface area contributed by atoms with Crippen LogP contribution in [0.25, 0.3) is 10.9 Å².